The fourth-order valence-corrected chi connectivity index (χ4v) is 6.29. The van der Waals surface area contributed by atoms with Gasteiger partial charge in [0.1, 0.15) is 36.5 Å². The zero-order chi connectivity index (χ0) is 41.3. The predicted molar refractivity (Wildman–Crippen MR) is 217 cm³/mol. The summed E-state index contributed by atoms with van der Waals surface area (Å²) in [7, 11) is 0. The van der Waals surface area contributed by atoms with Gasteiger partial charge in [0.25, 0.3) is 0 Å². The minimum absolute atomic E-state index is 0.0210. The molecule has 0 atom stereocenters. The molecule has 15 heteroatoms. The quantitative estimate of drug-likeness (QED) is 0.0581. The van der Waals surface area contributed by atoms with Crippen molar-refractivity contribution in [2.24, 2.45) is 0 Å². The van der Waals surface area contributed by atoms with Gasteiger partial charge in [0.2, 0.25) is 0 Å². The number of carbonyl (C=O) groups is 2. The molecule has 5 aromatic rings. The third-order valence-corrected chi connectivity index (χ3v) is 9.28. The number of halogens is 1. The second-order valence-electron chi connectivity index (χ2n) is 13.2. The molecule has 2 aromatic heterocycles. The Morgan fingerprint density at radius 1 is 0.810 bits per heavy atom. The highest BCUT2D eigenvalue weighted by atomic mass is 35.5. The second kappa shape index (κ2) is 22.1. The number of nitriles is 1. The number of pyridine rings is 1. The van der Waals surface area contributed by atoms with E-state index >= 15 is 0 Å². The first-order valence-electron chi connectivity index (χ1n) is 19.0. The van der Waals surface area contributed by atoms with E-state index in [9.17, 15) is 14.9 Å². The van der Waals surface area contributed by atoms with Gasteiger partial charge in [0.05, 0.1) is 49.2 Å². The molecule has 3 aromatic carbocycles. The van der Waals surface area contributed by atoms with Gasteiger partial charge in [-0.2, -0.15) is 5.26 Å². The molecule has 0 aliphatic rings. The van der Waals surface area contributed by atoms with Crippen LogP contribution >= 0.6 is 11.6 Å². The van der Waals surface area contributed by atoms with Crippen LogP contribution < -0.4 is 24.8 Å². The molecular weight excluding hydrogens is 762 g/mol. The highest BCUT2D eigenvalue weighted by molar-refractivity contribution is 6.32. The highest BCUT2D eigenvalue weighted by Crippen LogP contribution is 2.36. The van der Waals surface area contributed by atoms with Gasteiger partial charge >= 0.3 is 11.9 Å². The maximum absolute atomic E-state index is 11.9. The molecule has 2 N–H and O–H groups in total. The second-order valence-corrected chi connectivity index (χ2v) is 13.6. The van der Waals surface area contributed by atoms with Crippen molar-refractivity contribution in [1.29, 1.82) is 5.26 Å². The number of carbonyl (C=O) groups excluding carboxylic acids is 2. The van der Waals surface area contributed by atoms with Crippen molar-refractivity contribution in [2.45, 2.75) is 67.0 Å². The van der Waals surface area contributed by atoms with Crippen LogP contribution in [0, 0.1) is 25.2 Å². The lowest BCUT2D eigenvalue weighted by molar-refractivity contribution is -0.142. The largest absolute Gasteiger partial charge is 0.493 e. The van der Waals surface area contributed by atoms with E-state index in [1.165, 1.54) is 6.20 Å². The van der Waals surface area contributed by atoms with Crippen molar-refractivity contribution >= 4 is 23.5 Å². The number of nitrogens with zero attached hydrogens (tertiary/aromatic N) is 5. The van der Waals surface area contributed by atoms with E-state index in [0.29, 0.717) is 60.6 Å². The van der Waals surface area contributed by atoms with Crippen molar-refractivity contribution in [3.8, 4) is 34.4 Å². The Hall–Kier alpha value is -6.01. The van der Waals surface area contributed by atoms with Gasteiger partial charge in [-0.05, 0) is 73.7 Å². The number of rotatable bonds is 22. The topological polar surface area (TPSA) is 172 Å². The van der Waals surface area contributed by atoms with Gasteiger partial charge < -0.3 is 34.3 Å². The van der Waals surface area contributed by atoms with Gasteiger partial charge in [-0.3, -0.25) is 19.3 Å². The number of hydrogen-bond acceptors (Lipinski definition) is 13. The van der Waals surface area contributed by atoms with Crippen molar-refractivity contribution in [2.75, 3.05) is 32.9 Å². The van der Waals surface area contributed by atoms with Crippen LogP contribution in [-0.4, -0.2) is 64.8 Å². The van der Waals surface area contributed by atoms with E-state index in [1.54, 1.807) is 42.9 Å². The Morgan fingerprint density at radius 2 is 1.52 bits per heavy atom. The lowest BCUT2D eigenvalue weighted by atomic mass is 9.93. The fraction of sp³-hybridized carbons (Fsp3) is 0.349. The summed E-state index contributed by atoms with van der Waals surface area (Å²) in [4.78, 5) is 27.6. The summed E-state index contributed by atoms with van der Waals surface area (Å²) in [5, 5.41) is 24.1. The van der Waals surface area contributed by atoms with Crippen LogP contribution in [-0.2, 0) is 51.9 Å². The smallest absolute Gasteiger partial charge is 0.319 e. The molecule has 58 heavy (non-hydrogen) atoms. The molecule has 304 valence electrons. The molecule has 0 aliphatic heterocycles. The van der Waals surface area contributed by atoms with Crippen LogP contribution in [0.2, 0.25) is 5.02 Å². The standard InChI is InChI=1S/C43H48ClN7O7/c1-5-54-42(52)24-47-22-34-17-38(44)41(18-40(34)57-27-32-16-31(19-45)20-46-21-32)58-28-33-10-7-11-36(29(33)3)37-12-8-13-39(30(37)4)56-15-9-14-51-26-35(49-50-51)23-48-25-43(53)55-6-2/h7-8,10-13,16-18,20-21,26,47-48H,5-6,9,14-15,22-25,27-28H2,1-4H3. The van der Waals surface area contributed by atoms with Crippen molar-refractivity contribution < 1.29 is 33.3 Å². The maximum Gasteiger partial charge on any atom is 0.319 e. The zero-order valence-corrected chi connectivity index (χ0v) is 33.9. The molecule has 2 heterocycles. The van der Waals surface area contributed by atoms with E-state index < -0.39 is 0 Å². The first kappa shape index (κ1) is 43.1. The maximum atomic E-state index is 11.9. The van der Waals surface area contributed by atoms with Crippen LogP contribution in [0.25, 0.3) is 11.1 Å². The summed E-state index contributed by atoms with van der Waals surface area (Å²) >= 11 is 6.76. The van der Waals surface area contributed by atoms with Gasteiger partial charge in [-0.1, -0.05) is 47.1 Å². The monoisotopic (exact) mass is 809 g/mol. The molecule has 0 saturated carbocycles. The lowest BCUT2D eigenvalue weighted by Gasteiger charge is -2.18. The lowest BCUT2D eigenvalue weighted by Crippen LogP contribution is -2.24. The number of nitrogens with one attached hydrogen (secondary N) is 2. The molecule has 0 amide bonds. The third-order valence-electron chi connectivity index (χ3n) is 8.98. The summed E-state index contributed by atoms with van der Waals surface area (Å²) < 4.78 is 30.5. The SMILES string of the molecule is CCOC(=O)CNCc1cn(CCCOc2cccc(-c3cccc(COc4cc(OCc5cncc(C#N)c5)c(CNCC(=O)OCC)cc4Cl)c3C)c2C)nn1. The zero-order valence-electron chi connectivity index (χ0n) is 33.2. The van der Waals surface area contributed by atoms with Crippen LogP contribution in [0.5, 0.6) is 17.2 Å². The highest BCUT2D eigenvalue weighted by Gasteiger charge is 2.16. The summed E-state index contributed by atoms with van der Waals surface area (Å²) in [5.41, 5.74) is 7.76. The molecule has 0 saturated heterocycles. The Balaban J connectivity index is 1.22. The molecule has 0 spiro atoms. The molecule has 0 radical (unpaired) electrons. The predicted octanol–water partition coefficient (Wildman–Crippen LogP) is 6.41. The summed E-state index contributed by atoms with van der Waals surface area (Å²) in [6.07, 6.45) is 5.70. The summed E-state index contributed by atoms with van der Waals surface area (Å²) in [6.45, 7) is 10.7. The van der Waals surface area contributed by atoms with Crippen LogP contribution in [0.4, 0.5) is 0 Å². The van der Waals surface area contributed by atoms with E-state index in [1.807, 2.05) is 30.5 Å². The Kier molecular flexibility index (Phi) is 16.4. The van der Waals surface area contributed by atoms with Gasteiger partial charge in [-0.25, -0.2) is 0 Å². The first-order chi connectivity index (χ1) is 28.2. The van der Waals surface area contributed by atoms with Crippen molar-refractivity contribution in [3.05, 3.63) is 117 Å². The Morgan fingerprint density at radius 3 is 2.26 bits per heavy atom. The Labute approximate surface area is 343 Å². The van der Waals surface area contributed by atoms with E-state index in [2.05, 4.69) is 58.0 Å². The van der Waals surface area contributed by atoms with Crippen LogP contribution in [0.1, 0.15) is 59.3 Å². The number of hydrogen-bond donors (Lipinski definition) is 2. The number of aromatic nitrogens is 4. The van der Waals surface area contributed by atoms with Crippen molar-refractivity contribution in [3.63, 3.8) is 0 Å². The van der Waals surface area contributed by atoms with Crippen LogP contribution in [0.15, 0.2) is 73.2 Å². The third kappa shape index (κ3) is 12.5. The summed E-state index contributed by atoms with van der Waals surface area (Å²) in [6, 6.07) is 19.5. The van der Waals surface area contributed by atoms with Gasteiger partial charge in [0.15, 0.2) is 0 Å². The number of aryl methyl sites for hydroxylation is 1. The fourth-order valence-electron chi connectivity index (χ4n) is 6.05. The normalized spacial score (nSPS) is 10.8. The molecule has 0 unspecified atom stereocenters. The average molecular weight is 810 g/mol. The first-order valence-corrected chi connectivity index (χ1v) is 19.4. The van der Waals surface area contributed by atoms with Crippen LogP contribution in [0.3, 0.4) is 0 Å². The average Bonchev–Trinajstić information content (AvgIpc) is 3.67. The molecular formula is C43H48ClN7O7. The minimum atomic E-state index is -0.364. The molecule has 0 fully saturated rings. The molecule has 0 aliphatic carbocycles. The van der Waals surface area contributed by atoms with E-state index in [-0.39, 0.29) is 44.8 Å². The van der Waals surface area contributed by atoms with Gasteiger partial charge in [-0.15, -0.1) is 5.10 Å². The van der Waals surface area contributed by atoms with E-state index in [0.717, 1.165) is 51.2 Å². The number of benzene rings is 3. The minimum Gasteiger partial charge on any atom is -0.493 e. The molecule has 14 nitrogen and oxygen atoms in total. The summed E-state index contributed by atoms with van der Waals surface area (Å²) in [5.74, 6) is 1.06. The number of ether oxygens (including phenoxy) is 5. The molecule has 5 rings (SSSR count). The number of esters is 2. The van der Waals surface area contributed by atoms with Gasteiger partial charge in [0, 0.05) is 61.8 Å². The molecule has 0 bridgehead atoms. The van der Waals surface area contributed by atoms with E-state index in [4.69, 9.17) is 35.3 Å². The van der Waals surface area contributed by atoms with Crippen molar-refractivity contribution in [1.82, 2.24) is 30.6 Å². The Bertz CT molecular complexity index is 2200.